The average Bonchev–Trinajstić information content (AvgIpc) is 3.04. The molecule has 114 valence electrons. The highest BCUT2D eigenvalue weighted by Gasteiger charge is 2.35. The van der Waals surface area contributed by atoms with E-state index in [9.17, 15) is 4.79 Å². The Balaban J connectivity index is 1.55. The van der Waals surface area contributed by atoms with Crippen molar-refractivity contribution in [3.63, 3.8) is 0 Å². The highest BCUT2D eigenvalue weighted by atomic mass is 16.2. The summed E-state index contributed by atoms with van der Waals surface area (Å²) in [6, 6.07) is 6.41. The summed E-state index contributed by atoms with van der Waals surface area (Å²) < 4.78 is 0. The van der Waals surface area contributed by atoms with E-state index in [1.54, 1.807) is 6.20 Å². The summed E-state index contributed by atoms with van der Waals surface area (Å²) >= 11 is 0. The molecule has 0 radical (unpaired) electrons. The number of aromatic nitrogens is 1. The van der Waals surface area contributed by atoms with Gasteiger partial charge < -0.3 is 10.6 Å². The van der Waals surface area contributed by atoms with Gasteiger partial charge in [0.25, 0.3) is 0 Å². The van der Waals surface area contributed by atoms with Gasteiger partial charge in [0, 0.05) is 12.2 Å². The van der Waals surface area contributed by atoms with E-state index < -0.39 is 0 Å². The second-order valence-corrected chi connectivity index (χ2v) is 5.92. The molecule has 1 unspecified atom stereocenters. The van der Waals surface area contributed by atoms with Crippen LogP contribution in [0.3, 0.4) is 0 Å². The minimum atomic E-state index is 0.0526. The van der Waals surface area contributed by atoms with Crippen LogP contribution in [0.1, 0.15) is 31.4 Å². The Kier molecular flexibility index (Phi) is 4.83. The molecular weight excluding hydrogens is 264 g/mol. The van der Waals surface area contributed by atoms with Gasteiger partial charge in [-0.2, -0.15) is 0 Å². The number of nitrogens with one attached hydrogen (secondary N) is 2. The fraction of sp³-hybridized carbons (Fsp3) is 0.625. The Hall–Kier alpha value is -1.46. The second kappa shape index (κ2) is 7.00. The second-order valence-electron chi connectivity index (χ2n) is 5.92. The van der Waals surface area contributed by atoms with E-state index in [1.807, 2.05) is 18.2 Å². The highest BCUT2D eigenvalue weighted by Crippen LogP contribution is 2.24. The molecule has 21 heavy (non-hydrogen) atoms. The molecule has 0 aliphatic carbocycles. The lowest BCUT2D eigenvalue weighted by atomic mass is 10.0. The van der Waals surface area contributed by atoms with E-state index in [1.165, 1.54) is 0 Å². The Morgan fingerprint density at radius 1 is 1.33 bits per heavy atom. The van der Waals surface area contributed by atoms with Crippen LogP contribution in [0.15, 0.2) is 24.4 Å². The van der Waals surface area contributed by atoms with Crippen LogP contribution < -0.4 is 10.6 Å². The molecule has 0 saturated carbocycles. The molecule has 3 heterocycles. The van der Waals surface area contributed by atoms with Gasteiger partial charge >= 0.3 is 0 Å². The molecule has 1 aromatic rings. The molecule has 2 saturated heterocycles. The number of rotatable bonds is 4. The maximum Gasteiger partial charge on any atom is 0.237 e. The summed E-state index contributed by atoms with van der Waals surface area (Å²) in [7, 11) is 0. The predicted molar refractivity (Wildman–Crippen MR) is 81.7 cm³/mol. The lowest BCUT2D eigenvalue weighted by Crippen LogP contribution is -2.50. The van der Waals surface area contributed by atoms with Crippen LogP contribution >= 0.6 is 0 Å². The van der Waals surface area contributed by atoms with Crippen LogP contribution in [-0.4, -0.2) is 47.5 Å². The third-order valence-corrected chi connectivity index (χ3v) is 4.54. The number of amides is 1. The van der Waals surface area contributed by atoms with Gasteiger partial charge in [-0.25, -0.2) is 0 Å². The molecule has 2 aliphatic rings. The molecule has 2 N–H and O–H groups in total. The maximum absolute atomic E-state index is 12.5. The summed E-state index contributed by atoms with van der Waals surface area (Å²) in [5.74, 6) is 0.164. The van der Waals surface area contributed by atoms with Gasteiger partial charge in [-0.05, 0) is 57.5 Å². The van der Waals surface area contributed by atoms with Crippen molar-refractivity contribution < 1.29 is 4.79 Å². The molecule has 1 atom stereocenters. The van der Waals surface area contributed by atoms with Crippen molar-refractivity contribution in [2.45, 2.75) is 44.3 Å². The summed E-state index contributed by atoms with van der Waals surface area (Å²) in [5, 5.41) is 6.44. The first-order valence-corrected chi connectivity index (χ1v) is 7.98. The summed E-state index contributed by atoms with van der Waals surface area (Å²) in [4.78, 5) is 19.2. The normalized spacial score (nSPS) is 24.1. The number of carbonyl (C=O) groups is 1. The van der Waals surface area contributed by atoms with Gasteiger partial charge in [0.15, 0.2) is 0 Å². The Labute approximate surface area is 126 Å². The van der Waals surface area contributed by atoms with Crippen molar-refractivity contribution in [2.75, 3.05) is 19.6 Å². The maximum atomic E-state index is 12.5. The summed E-state index contributed by atoms with van der Waals surface area (Å²) in [6.45, 7) is 3.73. The van der Waals surface area contributed by atoms with E-state index in [4.69, 9.17) is 0 Å². The zero-order chi connectivity index (χ0) is 14.5. The van der Waals surface area contributed by atoms with Gasteiger partial charge in [-0.3, -0.25) is 14.7 Å². The Morgan fingerprint density at radius 3 is 2.95 bits per heavy atom. The molecule has 5 nitrogen and oxygen atoms in total. The fourth-order valence-corrected chi connectivity index (χ4v) is 3.44. The van der Waals surface area contributed by atoms with E-state index in [2.05, 4.69) is 20.5 Å². The number of piperidine rings is 1. The third kappa shape index (κ3) is 3.60. The van der Waals surface area contributed by atoms with Gasteiger partial charge in [0.05, 0.1) is 18.3 Å². The Morgan fingerprint density at radius 2 is 2.19 bits per heavy atom. The van der Waals surface area contributed by atoms with Crippen molar-refractivity contribution in [2.24, 2.45) is 0 Å². The lowest BCUT2D eigenvalue weighted by Gasteiger charge is -2.35. The van der Waals surface area contributed by atoms with Crippen LogP contribution in [0.25, 0.3) is 0 Å². The van der Waals surface area contributed by atoms with Crippen molar-refractivity contribution in [3.05, 3.63) is 30.1 Å². The SMILES string of the molecule is O=C(NCc1ccccn1)C1CCCN1C1CCNCC1. The number of carbonyl (C=O) groups excluding carboxylic acids is 1. The first-order chi connectivity index (χ1) is 10.3. The van der Waals surface area contributed by atoms with Crippen LogP contribution in [0.5, 0.6) is 0 Å². The highest BCUT2D eigenvalue weighted by molar-refractivity contribution is 5.82. The molecule has 2 aliphatic heterocycles. The summed E-state index contributed by atoms with van der Waals surface area (Å²) in [5.41, 5.74) is 0.914. The van der Waals surface area contributed by atoms with Crippen molar-refractivity contribution in [1.82, 2.24) is 20.5 Å². The zero-order valence-corrected chi connectivity index (χ0v) is 12.4. The first-order valence-electron chi connectivity index (χ1n) is 7.98. The molecule has 0 aromatic carbocycles. The van der Waals surface area contributed by atoms with Crippen LogP contribution in [0.2, 0.25) is 0 Å². The standard InChI is InChI=1S/C16H24N4O/c21-16(19-12-13-4-1-2-8-18-13)15-5-3-11-20(15)14-6-9-17-10-7-14/h1-2,4,8,14-15,17H,3,5-7,9-12H2,(H,19,21). The molecule has 0 bridgehead atoms. The van der Waals surface area contributed by atoms with E-state index in [0.717, 1.165) is 51.0 Å². The average molecular weight is 288 g/mol. The molecule has 0 spiro atoms. The van der Waals surface area contributed by atoms with Crippen molar-refractivity contribution >= 4 is 5.91 Å². The van der Waals surface area contributed by atoms with E-state index in [-0.39, 0.29) is 11.9 Å². The third-order valence-electron chi connectivity index (χ3n) is 4.54. The van der Waals surface area contributed by atoms with E-state index in [0.29, 0.717) is 12.6 Å². The number of hydrogen-bond acceptors (Lipinski definition) is 4. The smallest absolute Gasteiger partial charge is 0.237 e. The molecule has 1 aromatic heterocycles. The van der Waals surface area contributed by atoms with Gasteiger partial charge in [-0.1, -0.05) is 6.07 Å². The largest absolute Gasteiger partial charge is 0.349 e. The minimum Gasteiger partial charge on any atom is -0.349 e. The molecular formula is C16H24N4O. The van der Waals surface area contributed by atoms with Crippen LogP contribution in [0.4, 0.5) is 0 Å². The van der Waals surface area contributed by atoms with Gasteiger partial charge in [-0.15, -0.1) is 0 Å². The quantitative estimate of drug-likeness (QED) is 0.865. The predicted octanol–water partition coefficient (Wildman–Crippen LogP) is 0.914. The number of nitrogens with zero attached hydrogens (tertiary/aromatic N) is 2. The molecule has 1 amide bonds. The van der Waals surface area contributed by atoms with Crippen molar-refractivity contribution in [3.8, 4) is 0 Å². The van der Waals surface area contributed by atoms with E-state index >= 15 is 0 Å². The topological polar surface area (TPSA) is 57.3 Å². The Bertz CT molecular complexity index is 459. The molecule has 2 fully saturated rings. The lowest BCUT2D eigenvalue weighted by molar-refractivity contribution is -0.126. The van der Waals surface area contributed by atoms with Gasteiger partial charge in [0.2, 0.25) is 5.91 Å². The molecule has 5 heteroatoms. The first kappa shape index (κ1) is 14.5. The zero-order valence-electron chi connectivity index (χ0n) is 12.4. The monoisotopic (exact) mass is 288 g/mol. The summed E-state index contributed by atoms with van der Waals surface area (Å²) in [6.07, 6.45) is 6.19. The molecule has 3 rings (SSSR count). The number of hydrogen-bond donors (Lipinski definition) is 2. The minimum absolute atomic E-state index is 0.0526. The van der Waals surface area contributed by atoms with Crippen molar-refractivity contribution in [1.29, 1.82) is 0 Å². The number of pyridine rings is 1. The van der Waals surface area contributed by atoms with Gasteiger partial charge in [0.1, 0.15) is 0 Å². The van der Waals surface area contributed by atoms with Crippen LogP contribution in [-0.2, 0) is 11.3 Å². The van der Waals surface area contributed by atoms with Crippen LogP contribution in [0, 0.1) is 0 Å². The number of likely N-dealkylation sites (tertiary alicyclic amines) is 1. The fourth-order valence-electron chi connectivity index (χ4n) is 3.44.